The van der Waals surface area contributed by atoms with Crippen molar-refractivity contribution in [2.75, 3.05) is 57.4 Å². The standard InChI is InChI=1S/C22H24F3N3O5S/c23-22(24,25)33-19-5-7-20(8-6-19)34(30,31)28-11-9-27(10-12-28)21(29)17-1-3-18(4-2-17)26-13-15-32-16-14-26/h1-8H,9-16H2. The highest BCUT2D eigenvalue weighted by Crippen LogP contribution is 2.26. The number of benzene rings is 2. The van der Waals surface area contributed by atoms with Crippen LogP contribution in [0, 0.1) is 0 Å². The second kappa shape index (κ2) is 9.80. The molecule has 0 unspecified atom stereocenters. The molecule has 2 aliphatic heterocycles. The molecule has 0 atom stereocenters. The fraction of sp³-hybridized carbons (Fsp3) is 0.409. The molecule has 2 aliphatic rings. The number of piperazine rings is 1. The van der Waals surface area contributed by atoms with Crippen LogP contribution in [0.2, 0.25) is 0 Å². The summed E-state index contributed by atoms with van der Waals surface area (Å²) in [6.45, 7) is 3.50. The van der Waals surface area contributed by atoms with Crippen molar-refractivity contribution in [1.29, 1.82) is 0 Å². The van der Waals surface area contributed by atoms with E-state index in [0.717, 1.165) is 43.0 Å². The fourth-order valence-corrected chi connectivity index (χ4v) is 5.34. The number of morpholine rings is 1. The maximum atomic E-state index is 12.9. The van der Waals surface area contributed by atoms with Crippen molar-refractivity contribution in [3.63, 3.8) is 0 Å². The number of sulfonamides is 1. The average Bonchev–Trinajstić information content (AvgIpc) is 2.84. The molecule has 0 N–H and O–H groups in total. The number of carbonyl (C=O) groups is 1. The Morgan fingerprint density at radius 3 is 2.00 bits per heavy atom. The number of ether oxygens (including phenoxy) is 2. The van der Waals surface area contributed by atoms with Crippen LogP contribution in [-0.4, -0.2) is 82.4 Å². The second-order valence-corrected chi connectivity index (χ2v) is 9.80. The smallest absolute Gasteiger partial charge is 0.406 e. The zero-order valence-corrected chi connectivity index (χ0v) is 19.0. The van der Waals surface area contributed by atoms with Gasteiger partial charge in [-0.1, -0.05) is 0 Å². The van der Waals surface area contributed by atoms with Crippen LogP contribution in [0.25, 0.3) is 0 Å². The van der Waals surface area contributed by atoms with Gasteiger partial charge < -0.3 is 19.3 Å². The molecule has 2 saturated heterocycles. The fourth-order valence-electron chi connectivity index (χ4n) is 3.91. The molecule has 12 heteroatoms. The van der Waals surface area contributed by atoms with E-state index in [-0.39, 0.29) is 37.0 Å². The van der Waals surface area contributed by atoms with E-state index in [2.05, 4.69) is 9.64 Å². The van der Waals surface area contributed by atoms with Crippen LogP contribution in [0.3, 0.4) is 0 Å². The van der Waals surface area contributed by atoms with E-state index in [1.54, 1.807) is 17.0 Å². The van der Waals surface area contributed by atoms with Gasteiger partial charge >= 0.3 is 6.36 Å². The lowest BCUT2D eigenvalue weighted by atomic mass is 10.1. The van der Waals surface area contributed by atoms with Crippen LogP contribution < -0.4 is 9.64 Å². The second-order valence-electron chi connectivity index (χ2n) is 7.86. The minimum Gasteiger partial charge on any atom is -0.406 e. The van der Waals surface area contributed by atoms with Crippen molar-refractivity contribution < 1.29 is 35.9 Å². The van der Waals surface area contributed by atoms with E-state index < -0.39 is 22.1 Å². The minimum atomic E-state index is -4.86. The number of halogens is 3. The third-order valence-electron chi connectivity index (χ3n) is 5.71. The number of amides is 1. The summed E-state index contributed by atoms with van der Waals surface area (Å²) < 4.78 is 73.0. The van der Waals surface area contributed by atoms with Crippen molar-refractivity contribution in [1.82, 2.24) is 9.21 Å². The van der Waals surface area contributed by atoms with E-state index in [1.807, 2.05) is 12.1 Å². The Kier molecular flexibility index (Phi) is 7.01. The quantitative estimate of drug-likeness (QED) is 0.629. The number of carbonyl (C=O) groups excluding carboxylic acids is 1. The normalized spacial score (nSPS) is 18.1. The molecule has 8 nitrogen and oxygen atoms in total. The zero-order chi connectivity index (χ0) is 24.3. The van der Waals surface area contributed by atoms with E-state index >= 15 is 0 Å². The first-order valence-electron chi connectivity index (χ1n) is 10.7. The largest absolute Gasteiger partial charge is 0.573 e. The summed E-state index contributed by atoms with van der Waals surface area (Å²) >= 11 is 0. The Morgan fingerprint density at radius 2 is 1.44 bits per heavy atom. The van der Waals surface area contributed by atoms with Crippen molar-refractivity contribution in [2.45, 2.75) is 11.3 Å². The van der Waals surface area contributed by atoms with Gasteiger partial charge in [-0.25, -0.2) is 8.42 Å². The lowest BCUT2D eigenvalue weighted by molar-refractivity contribution is -0.274. The number of rotatable bonds is 5. The van der Waals surface area contributed by atoms with Gasteiger partial charge in [-0.2, -0.15) is 4.31 Å². The molecule has 0 aliphatic carbocycles. The minimum absolute atomic E-state index is 0.0841. The van der Waals surface area contributed by atoms with Gasteiger partial charge in [0.05, 0.1) is 18.1 Å². The van der Waals surface area contributed by atoms with Crippen molar-refractivity contribution in [2.24, 2.45) is 0 Å². The monoisotopic (exact) mass is 499 g/mol. The van der Waals surface area contributed by atoms with Gasteiger partial charge in [-0.05, 0) is 48.5 Å². The molecular weight excluding hydrogens is 475 g/mol. The molecule has 184 valence electrons. The molecule has 0 bridgehead atoms. The highest BCUT2D eigenvalue weighted by molar-refractivity contribution is 7.89. The van der Waals surface area contributed by atoms with Gasteiger partial charge in [0, 0.05) is 50.5 Å². The Balaban J connectivity index is 1.35. The Bertz CT molecular complexity index is 1090. The third-order valence-corrected chi connectivity index (χ3v) is 7.62. The molecule has 2 aromatic rings. The van der Waals surface area contributed by atoms with E-state index in [0.29, 0.717) is 18.8 Å². The molecule has 0 aromatic heterocycles. The molecular formula is C22H24F3N3O5S. The highest BCUT2D eigenvalue weighted by atomic mass is 32.2. The first-order chi connectivity index (χ1) is 16.1. The van der Waals surface area contributed by atoms with Gasteiger partial charge in [-0.3, -0.25) is 4.79 Å². The summed E-state index contributed by atoms with van der Waals surface area (Å²) in [5.74, 6) is -0.680. The molecule has 34 heavy (non-hydrogen) atoms. The predicted octanol–water partition coefficient (Wildman–Crippen LogP) is 2.57. The van der Waals surface area contributed by atoms with Crippen LogP contribution in [0.1, 0.15) is 10.4 Å². The lowest BCUT2D eigenvalue weighted by Gasteiger charge is -2.34. The lowest BCUT2D eigenvalue weighted by Crippen LogP contribution is -2.50. The molecule has 0 radical (unpaired) electrons. The van der Waals surface area contributed by atoms with Crippen LogP contribution in [-0.2, 0) is 14.8 Å². The molecule has 0 spiro atoms. The van der Waals surface area contributed by atoms with E-state index in [9.17, 15) is 26.4 Å². The highest BCUT2D eigenvalue weighted by Gasteiger charge is 2.33. The number of hydrogen-bond donors (Lipinski definition) is 0. The molecule has 4 rings (SSSR count). The number of nitrogens with zero attached hydrogens (tertiary/aromatic N) is 3. The van der Waals surface area contributed by atoms with Gasteiger partial charge in [-0.15, -0.1) is 13.2 Å². The average molecular weight is 500 g/mol. The summed E-state index contributed by atoms with van der Waals surface area (Å²) in [6, 6.07) is 11.4. The van der Waals surface area contributed by atoms with Gasteiger partial charge in [0.15, 0.2) is 0 Å². The van der Waals surface area contributed by atoms with Gasteiger partial charge in [0.1, 0.15) is 5.75 Å². The summed E-state index contributed by atoms with van der Waals surface area (Å²) in [4.78, 5) is 16.5. The van der Waals surface area contributed by atoms with Crippen LogP contribution in [0.15, 0.2) is 53.4 Å². The first-order valence-corrected chi connectivity index (χ1v) is 12.2. The Hall–Kier alpha value is -2.83. The number of hydrogen-bond acceptors (Lipinski definition) is 6. The summed E-state index contributed by atoms with van der Waals surface area (Å²) in [5.41, 5.74) is 1.54. The van der Waals surface area contributed by atoms with Crippen LogP contribution in [0.4, 0.5) is 18.9 Å². The molecule has 2 aromatic carbocycles. The zero-order valence-electron chi connectivity index (χ0n) is 18.2. The molecule has 2 fully saturated rings. The van der Waals surface area contributed by atoms with Crippen LogP contribution >= 0.6 is 0 Å². The first kappa shape index (κ1) is 24.3. The van der Waals surface area contributed by atoms with Gasteiger partial charge in [0.2, 0.25) is 10.0 Å². The van der Waals surface area contributed by atoms with Crippen molar-refractivity contribution in [3.8, 4) is 5.75 Å². The number of alkyl halides is 3. The number of anilines is 1. The molecule has 2 heterocycles. The topological polar surface area (TPSA) is 79.4 Å². The maximum Gasteiger partial charge on any atom is 0.573 e. The van der Waals surface area contributed by atoms with Crippen molar-refractivity contribution >= 4 is 21.6 Å². The van der Waals surface area contributed by atoms with Crippen molar-refractivity contribution in [3.05, 3.63) is 54.1 Å². The summed E-state index contributed by atoms with van der Waals surface area (Å²) in [7, 11) is -3.91. The Labute approximate surface area is 195 Å². The van der Waals surface area contributed by atoms with Crippen LogP contribution in [0.5, 0.6) is 5.75 Å². The van der Waals surface area contributed by atoms with E-state index in [4.69, 9.17) is 4.74 Å². The van der Waals surface area contributed by atoms with Gasteiger partial charge in [0.25, 0.3) is 5.91 Å². The third kappa shape index (κ3) is 5.62. The summed E-state index contributed by atoms with van der Waals surface area (Å²) in [5, 5.41) is 0. The SMILES string of the molecule is O=C(c1ccc(N2CCOCC2)cc1)N1CCN(S(=O)(=O)c2ccc(OC(F)(F)F)cc2)CC1. The molecule has 0 saturated carbocycles. The maximum absolute atomic E-state index is 12.9. The molecule has 1 amide bonds. The Morgan fingerprint density at radius 1 is 0.853 bits per heavy atom. The predicted molar refractivity (Wildman–Crippen MR) is 117 cm³/mol. The summed E-state index contributed by atoms with van der Waals surface area (Å²) in [6.07, 6.45) is -4.86. The van der Waals surface area contributed by atoms with E-state index in [1.165, 1.54) is 4.31 Å².